The van der Waals surface area contributed by atoms with Crippen molar-refractivity contribution in [2.45, 2.75) is 18.8 Å². The summed E-state index contributed by atoms with van der Waals surface area (Å²) in [6.07, 6.45) is 1.83. The van der Waals surface area contributed by atoms with Crippen molar-refractivity contribution in [1.82, 2.24) is 14.9 Å². The summed E-state index contributed by atoms with van der Waals surface area (Å²) in [5.74, 6) is 0.295. The van der Waals surface area contributed by atoms with Crippen LogP contribution in [-0.4, -0.2) is 53.1 Å². The van der Waals surface area contributed by atoms with Gasteiger partial charge in [0.2, 0.25) is 11.9 Å². The van der Waals surface area contributed by atoms with Crippen LogP contribution in [0, 0.1) is 11.3 Å². The van der Waals surface area contributed by atoms with Crippen LogP contribution in [0.25, 0.3) is 11.3 Å². The maximum atomic E-state index is 12.3. The molecule has 1 aromatic heterocycles. The molecule has 0 saturated heterocycles. The van der Waals surface area contributed by atoms with Gasteiger partial charge in [0.25, 0.3) is 0 Å². The summed E-state index contributed by atoms with van der Waals surface area (Å²) in [6, 6.07) is 13.0. The van der Waals surface area contributed by atoms with E-state index in [2.05, 4.69) is 26.7 Å². The van der Waals surface area contributed by atoms with Gasteiger partial charge in [-0.05, 0) is 41.5 Å². The van der Waals surface area contributed by atoms with Crippen LogP contribution in [0.2, 0.25) is 5.02 Å². The SMILES string of the molecule is CN(C)C(=O)Cc1ccc(Cl)cc1Nc1nccc(-c2cc(C#N)c3c(c2)C(C)(CO)CN3)n1. The van der Waals surface area contributed by atoms with Gasteiger partial charge in [0.15, 0.2) is 0 Å². The molecule has 1 atom stereocenters. The molecule has 0 aliphatic carbocycles. The number of anilines is 3. The van der Waals surface area contributed by atoms with Crippen molar-refractivity contribution in [2.24, 2.45) is 0 Å². The van der Waals surface area contributed by atoms with Gasteiger partial charge >= 0.3 is 0 Å². The van der Waals surface area contributed by atoms with Crippen LogP contribution < -0.4 is 10.6 Å². The standard InChI is InChI=1S/C25H25ClN6O2/c1-25(14-33)13-29-23-17(12-27)8-16(9-19(23)25)20-6-7-28-24(30-20)31-21-11-18(26)5-4-15(21)10-22(34)32(2)3/h4-9,11,29,33H,10,13-14H2,1-3H3,(H,28,30,31). The summed E-state index contributed by atoms with van der Waals surface area (Å²) in [5.41, 5.74) is 4.43. The van der Waals surface area contributed by atoms with Gasteiger partial charge in [-0.1, -0.05) is 24.6 Å². The van der Waals surface area contributed by atoms with Crippen LogP contribution in [0.1, 0.15) is 23.6 Å². The molecule has 34 heavy (non-hydrogen) atoms. The third-order valence-electron chi connectivity index (χ3n) is 6.02. The maximum Gasteiger partial charge on any atom is 0.227 e. The van der Waals surface area contributed by atoms with E-state index in [1.165, 1.54) is 4.90 Å². The van der Waals surface area contributed by atoms with E-state index in [0.29, 0.717) is 34.5 Å². The molecule has 1 aliphatic rings. The molecular formula is C25H25ClN6O2. The number of fused-ring (bicyclic) bond motifs is 1. The van der Waals surface area contributed by atoms with Crippen molar-refractivity contribution in [1.29, 1.82) is 5.26 Å². The topological polar surface area (TPSA) is 114 Å². The van der Waals surface area contributed by atoms with Crippen molar-refractivity contribution < 1.29 is 9.90 Å². The average Bonchev–Trinajstić information content (AvgIpc) is 3.17. The second-order valence-corrected chi connectivity index (χ2v) is 9.22. The smallest absolute Gasteiger partial charge is 0.227 e. The lowest BCUT2D eigenvalue weighted by molar-refractivity contribution is -0.127. The Morgan fingerprint density at radius 3 is 2.82 bits per heavy atom. The van der Waals surface area contributed by atoms with Gasteiger partial charge in [-0.3, -0.25) is 4.79 Å². The van der Waals surface area contributed by atoms with E-state index in [9.17, 15) is 15.2 Å². The molecule has 9 heteroatoms. The fourth-order valence-electron chi connectivity index (χ4n) is 3.90. The number of nitrogens with one attached hydrogen (secondary N) is 2. The average molecular weight is 477 g/mol. The van der Waals surface area contributed by atoms with E-state index in [1.807, 2.05) is 13.0 Å². The van der Waals surface area contributed by atoms with Crippen molar-refractivity contribution >= 4 is 34.8 Å². The maximum absolute atomic E-state index is 12.3. The first kappa shape index (κ1) is 23.5. The molecule has 8 nitrogen and oxygen atoms in total. The molecule has 2 aromatic carbocycles. The first-order chi connectivity index (χ1) is 16.2. The number of amides is 1. The molecule has 4 rings (SSSR count). The first-order valence-electron chi connectivity index (χ1n) is 10.8. The number of nitrogens with zero attached hydrogens (tertiary/aromatic N) is 4. The molecule has 174 valence electrons. The number of carbonyl (C=O) groups excluding carboxylic acids is 1. The summed E-state index contributed by atoms with van der Waals surface area (Å²) in [4.78, 5) is 22.8. The Balaban J connectivity index is 1.70. The van der Waals surface area contributed by atoms with Crippen molar-refractivity contribution in [3.63, 3.8) is 0 Å². The lowest BCUT2D eigenvalue weighted by Gasteiger charge is -2.21. The molecular weight excluding hydrogens is 452 g/mol. The Morgan fingerprint density at radius 1 is 1.32 bits per heavy atom. The Kier molecular flexibility index (Phi) is 6.42. The number of carbonyl (C=O) groups is 1. The number of rotatable bonds is 6. The minimum absolute atomic E-state index is 0.0391. The zero-order chi connectivity index (χ0) is 24.5. The molecule has 0 radical (unpaired) electrons. The van der Waals surface area contributed by atoms with Crippen LogP contribution in [0.15, 0.2) is 42.6 Å². The summed E-state index contributed by atoms with van der Waals surface area (Å²) < 4.78 is 0. The van der Waals surface area contributed by atoms with Crippen LogP contribution in [0.5, 0.6) is 0 Å². The summed E-state index contributed by atoms with van der Waals surface area (Å²) in [5, 5.41) is 26.6. The summed E-state index contributed by atoms with van der Waals surface area (Å²) in [6.45, 7) is 2.47. The molecule has 1 unspecified atom stereocenters. The molecule has 3 aromatic rings. The van der Waals surface area contributed by atoms with E-state index in [0.717, 1.165) is 22.4 Å². The van der Waals surface area contributed by atoms with Gasteiger partial charge in [-0.15, -0.1) is 0 Å². The first-order valence-corrected chi connectivity index (χ1v) is 11.1. The van der Waals surface area contributed by atoms with Crippen LogP contribution in [-0.2, 0) is 16.6 Å². The van der Waals surface area contributed by atoms with Crippen molar-refractivity contribution in [3.05, 3.63) is 64.3 Å². The largest absolute Gasteiger partial charge is 0.395 e. The van der Waals surface area contributed by atoms with Gasteiger partial charge in [0.1, 0.15) is 6.07 Å². The molecule has 0 spiro atoms. The molecule has 0 bridgehead atoms. The number of hydrogen-bond donors (Lipinski definition) is 3. The van der Waals surface area contributed by atoms with Gasteiger partial charge in [-0.25, -0.2) is 9.97 Å². The van der Waals surface area contributed by atoms with E-state index in [1.54, 1.807) is 50.6 Å². The summed E-state index contributed by atoms with van der Waals surface area (Å²) in [7, 11) is 3.42. The van der Waals surface area contributed by atoms with E-state index < -0.39 is 5.41 Å². The van der Waals surface area contributed by atoms with Crippen molar-refractivity contribution in [2.75, 3.05) is 37.9 Å². The Morgan fingerprint density at radius 2 is 2.12 bits per heavy atom. The lowest BCUT2D eigenvalue weighted by atomic mass is 9.83. The number of aliphatic hydroxyl groups is 1. The van der Waals surface area contributed by atoms with Crippen LogP contribution in [0.4, 0.5) is 17.3 Å². The van der Waals surface area contributed by atoms with Crippen LogP contribution in [0.3, 0.4) is 0 Å². The molecule has 2 heterocycles. The molecule has 3 N–H and O–H groups in total. The zero-order valence-electron chi connectivity index (χ0n) is 19.2. The minimum Gasteiger partial charge on any atom is -0.395 e. The highest BCUT2D eigenvalue weighted by molar-refractivity contribution is 6.30. The van der Waals surface area contributed by atoms with E-state index in [-0.39, 0.29) is 18.9 Å². The predicted octanol–water partition coefficient (Wildman–Crippen LogP) is 3.72. The fraction of sp³-hybridized carbons (Fsp3) is 0.280. The molecule has 1 aliphatic heterocycles. The van der Waals surface area contributed by atoms with Crippen LogP contribution >= 0.6 is 11.6 Å². The third-order valence-corrected chi connectivity index (χ3v) is 6.26. The Bertz CT molecular complexity index is 1300. The fourth-order valence-corrected chi connectivity index (χ4v) is 4.08. The number of aromatic nitrogens is 2. The molecule has 0 saturated carbocycles. The second kappa shape index (κ2) is 9.29. The monoisotopic (exact) mass is 476 g/mol. The molecule has 1 amide bonds. The van der Waals surface area contributed by atoms with Gasteiger partial charge in [0, 0.05) is 48.5 Å². The number of nitriles is 1. The molecule has 0 fully saturated rings. The highest BCUT2D eigenvalue weighted by Gasteiger charge is 2.36. The number of likely N-dealkylation sites (N-methyl/N-ethyl adjacent to an activating group) is 1. The Hall–Kier alpha value is -3.67. The number of benzene rings is 2. The van der Waals surface area contributed by atoms with Gasteiger partial charge in [0.05, 0.1) is 30.0 Å². The normalized spacial score (nSPS) is 16.4. The van der Waals surface area contributed by atoms with Gasteiger partial charge < -0.3 is 20.6 Å². The number of halogens is 1. The van der Waals surface area contributed by atoms with Crippen molar-refractivity contribution in [3.8, 4) is 17.3 Å². The third kappa shape index (κ3) is 4.53. The Labute approximate surface area is 203 Å². The highest BCUT2D eigenvalue weighted by atomic mass is 35.5. The predicted molar refractivity (Wildman–Crippen MR) is 132 cm³/mol. The highest BCUT2D eigenvalue weighted by Crippen LogP contribution is 2.41. The second-order valence-electron chi connectivity index (χ2n) is 8.79. The van der Waals surface area contributed by atoms with E-state index in [4.69, 9.17) is 11.6 Å². The quantitative estimate of drug-likeness (QED) is 0.496. The summed E-state index contributed by atoms with van der Waals surface area (Å²) >= 11 is 6.20. The minimum atomic E-state index is -0.486. The number of hydrogen-bond acceptors (Lipinski definition) is 7. The van der Waals surface area contributed by atoms with Gasteiger partial charge in [-0.2, -0.15) is 5.26 Å². The number of aliphatic hydroxyl groups excluding tert-OH is 1. The zero-order valence-corrected chi connectivity index (χ0v) is 19.9. The lowest BCUT2D eigenvalue weighted by Crippen LogP contribution is -2.28. The van der Waals surface area contributed by atoms with E-state index >= 15 is 0 Å².